The van der Waals surface area contributed by atoms with Crippen LogP contribution in [0.5, 0.6) is 0 Å². The summed E-state index contributed by atoms with van der Waals surface area (Å²) in [5.41, 5.74) is 7.18. The van der Waals surface area contributed by atoms with Crippen molar-refractivity contribution < 1.29 is 9.21 Å². The molecule has 0 aliphatic carbocycles. The van der Waals surface area contributed by atoms with Gasteiger partial charge in [0.25, 0.3) is 0 Å². The summed E-state index contributed by atoms with van der Waals surface area (Å²) in [5.74, 6) is 0.517. The van der Waals surface area contributed by atoms with Crippen LogP contribution < -0.4 is 10.6 Å². The molecule has 0 bridgehead atoms. The van der Waals surface area contributed by atoms with Crippen LogP contribution in [-0.4, -0.2) is 12.5 Å². The number of amides is 1. The van der Waals surface area contributed by atoms with E-state index in [2.05, 4.69) is 0 Å². The summed E-state index contributed by atoms with van der Waals surface area (Å²) in [7, 11) is 0. The molecule has 0 atom stereocenters. The van der Waals surface area contributed by atoms with E-state index in [1.165, 1.54) is 0 Å². The summed E-state index contributed by atoms with van der Waals surface area (Å²) in [6.45, 7) is 2.20. The lowest BCUT2D eigenvalue weighted by atomic mass is 10.1. The van der Waals surface area contributed by atoms with E-state index < -0.39 is 0 Å². The normalized spacial score (nSPS) is 10.5. The van der Waals surface area contributed by atoms with E-state index >= 15 is 0 Å². The van der Waals surface area contributed by atoms with Crippen LogP contribution >= 0.6 is 11.6 Å². The predicted molar refractivity (Wildman–Crippen MR) is 75.1 cm³/mol. The number of nitrogens with two attached hydrogens (primary N) is 1. The third-order valence-corrected chi connectivity index (χ3v) is 3.07. The minimum absolute atomic E-state index is 0.0628. The number of carbonyl (C=O) groups excluding carboxylic acids is 1. The molecule has 1 aromatic heterocycles. The van der Waals surface area contributed by atoms with Crippen LogP contribution in [0.2, 0.25) is 5.02 Å². The van der Waals surface area contributed by atoms with Crippen LogP contribution in [0.25, 0.3) is 0 Å². The van der Waals surface area contributed by atoms with Crippen LogP contribution in [0.4, 0.5) is 5.69 Å². The summed E-state index contributed by atoms with van der Waals surface area (Å²) in [5, 5.41) is 0.579. The van der Waals surface area contributed by atoms with Crippen LogP contribution in [0.3, 0.4) is 0 Å². The molecule has 0 fully saturated rings. The highest BCUT2D eigenvalue weighted by molar-refractivity contribution is 6.31. The second-order valence-electron chi connectivity index (χ2n) is 4.19. The Kier molecular flexibility index (Phi) is 4.24. The quantitative estimate of drug-likeness (QED) is 0.935. The first-order valence-electron chi connectivity index (χ1n) is 5.91. The third kappa shape index (κ3) is 3.16. The van der Waals surface area contributed by atoms with E-state index in [9.17, 15) is 4.79 Å². The van der Waals surface area contributed by atoms with E-state index in [1.54, 1.807) is 29.4 Å². The fourth-order valence-electron chi connectivity index (χ4n) is 1.85. The van der Waals surface area contributed by atoms with Gasteiger partial charge in [0.2, 0.25) is 5.91 Å². The largest absolute Gasteiger partial charge is 0.467 e. The first-order valence-corrected chi connectivity index (χ1v) is 6.28. The first-order chi connectivity index (χ1) is 9.11. The van der Waals surface area contributed by atoms with Crippen LogP contribution in [0, 0.1) is 6.92 Å². The molecule has 1 heterocycles. The number of rotatable bonds is 4. The predicted octanol–water partition coefficient (Wildman–Crippen LogP) is 2.73. The standard InChI is InChI=1S/C14H15ClN2O2/c1-10-4-5-11(15)7-13(10)17(14(18)8-16)9-12-3-2-6-19-12/h2-7H,8-9,16H2,1H3. The Morgan fingerprint density at radius 1 is 1.42 bits per heavy atom. The minimum Gasteiger partial charge on any atom is -0.467 e. The molecule has 100 valence electrons. The van der Waals surface area contributed by atoms with Gasteiger partial charge in [-0.15, -0.1) is 0 Å². The van der Waals surface area contributed by atoms with Crippen molar-refractivity contribution >= 4 is 23.2 Å². The van der Waals surface area contributed by atoms with Crippen LogP contribution in [0.15, 0.2) is 41.0 Å². The molecule has 0 radical (unpaired) electrons. The fraction of sp³-hybridized carbons (Fsp3) is 0.214. The fourth-order valence-corrected chi connectivity index (χ4v) is 2.02. The van der Waals surface area contributed by atoms with Crippen molar-refractivity contribution in [3.63, 3.8) is 0 Å². The Bertz CT molecular complexity index is 567. The lowest BCUT2D eigenvalue weighted by molar-refractivity contribution is -0.117. The number of benzene rings is 1. The molecule has 1 aromatic carbocycles. The monoisotopic (exact) mass is 278 g/mol. The van der Waals surface area contributed by atoms with Gasteiger partial charge in [0.1, 0.15) is 5.76 Å². The Morgan fingerprint density at radius 2 is 2.21 bits per heavy atom. The van der Waals surface area contributed by atoms with Crippen LogP contribution in [-0.2, 0) is 11.3 Å². The van der Waals surface area contributed by atoms with Crippen molar-refractivity contribution in [1.82, 2.24) is 0 Å². The lowest BCUT2D eigenvalue weighted by Gasteiger charge is -2.23. The van der Waals surface area contributed by atoms with Crippen molar-refractivity contribution in [1.29, 1.82) is 0 Å². The van der Waals surface area contributed by atoms with Gasteiger partial charge >= 0.3 is 0 Å². The highest BCUT2D eigenvalue weighted by Gasteiger charge is 2.18. The average Bonchev–Trinajstić information content (AvgIpc) is 2.91. The summed E-state index contributed by atoms with van der Waals surface area (Å²) in [4.78, 5) is 13.6. The van der Waals surface area contributed by atoms with Gasteiger partial charge in [-0.05, 0) is 36.8 Å². The Morgan fingerprint density at radius 3 is 2.84 bits per heavy atom. The van der Waals surface area contributed by atoms with Crippen molar-refractivity contribution in [3.05, 3.63) is 52.9 Å². The van der Waals surface area contributed by atoms with Crippen molar-refractivity contribution in [3.8, 4) is 0 Å². The Hall–Kier alpha value is -1.78. The second kappa shape index (κ2) is 5.91. The zero-order valence-corrected chi connectivity index (χ0v) is 11.4. The molecule has 5 heteroatoms. The summed E-state index contributed by atoms with van der Waals surface area (Å²) < 4.78 is 5.28. The summed E-state index contributed by atoms with van der Waals surface area (Å²) >= 11 is 6.00. The molecule has 4 nitrogen and oxygen atoms in total. The first kappa shape index (κ1) is 13.6. The number of furan rings is 1. The van der Waals surface area contributed by atoms with Gasteiger partial charge in [0, 0.05) is 10.7 Å². The number of carbonyl (C=O) groups is 1. The molecule has 0 unspecified atom stereocenters. The highest BCUT2D eigenvalue weighted by atomic mass is 35.5. The van der Waals surface area contributed by atoms with Gasteiger partial charge in [-0.25, -0.2) is 0 Å². The van der Waals surface area contributed by atoms with Gasteiger partial charge in [-0.2, -0.15) is 0 Å². The van der Waals surface area contributed by atoms with E-state index in [-0.39, 0.29) is 12.5 Å². The van der Waals surface area contributed by atoms with Crippen molar-refractivity contribution in [2.45, 2.75) is 13.5 Å². The summed E-state index contributed by atoms with van der Waals surface area (Å²) in [6.07, 6.45) is 1.57. The van der Waals surface area contributed by atoms with Crippen molar-refractivity contribution in [2.24, 2.45) is 5.73 Å². The number of anilines is 1. The van der Waals surface area contributed by atoms with Crippen LogP contribution in [0.1, 0.15) is 11.3 Å². The molecule has 0 saturated carbocycles. The van der Waals surface area contributed by atoms with E-state index in [1.807, 2.05) is 19.1 Å². The van der Waals surface area contributed by atoms with Gasteiger partial charge in [-0.1, -0.05) is 17.7 Å². The molecule has 0 aliphatic heterocycles. The average molecular weight is 279 g/mol. The van der Waals surface area contributed by atoms with E-state index in [0.717, 1.165) is 11.3 Å². The SMILES string of the molecule is Cc1ccc(Cl)cc1N(Cc1ccco1)C(=O)CN. The topological polar surface area (TPSA) is 59.5 Å². The molecule has 19 heavy (non-hydrogen) atoms. The van der Waals surface area contributed by atoms with E-state index in [0.29, 0.717) is 17.3 Å². The molecule has 1 amide bonds. The number of hydrogen-bond donors (Lipinski definition) is 1. The highest BCUT2D eigenvalue weighted by Crippen LogP contribution is 2.26. The summed E-state index contributed by atoms with van der Waals surface area (Å²) in [6, 6.07) is 9.02. The lowest BCUT2D eigenvalue weighted by Crippen LogP contribution is -2.35. The number of hydrogen-bond acceptors (Lipinski definition) is 3. The van der Waals surface area contributed by atoms with Gasteiger partial charge in [0.15, 0.2) is 0 Å². The molecule has 0 aliphatic rings. The molecular weight excluding hydrogens is 264 g/mol. The zero-order chi connectivity index (χ0) is 13.8. The molecule has 2 rings (SSSR count). The number of nitrogens with zero attached hydrogens (tertiary/aromatic N) is 1. The molecular formula is C14H15ClN2O2. The maximum atomic E-state index is 12.0. The molecule has 0 spiro atoms. The number of aryl methyl sites for hydroxylation is 1. The van der Waals surface area contributed by atoms with Gasteiger partial charge in [-0.3, -0.25) is 4.79 Å². The maximum Gasteiger partial charge on any atom is 0.241 e. The molecule has 2 aromatic rings. The Balaban J connectivity index is 2.36. The molecule has 0 saturated heterocycles. The minimum atomic E-state index is -0.179. The van der Waals surface area contributed by atoms with Gasteiger partial charge < -0.3 is 15.1 Å². The van der Waals surface area contributed by atoms with Gasteiger partial charge in [0.05, 0.1) is 19.4 Å². The Labute approximate surface area is 116 Å². The zero-order valence-electron chi connectivity index (χ0n) is 10.6. The number of halogens is 1. The van der Waals surface area contributed by atoms with Crippen molar-refractivity contribution in [2.75, 3.05) is 11.4 Å². The second-order valence-corrected chi connectivity index (χ2v) is 4.63. The third-order valence-electron chi connectivity index (χ3n) is 2.83. The maximum absolute atomic E-state index is 12.0. The smallest absolute Gasteiger partial charge is 0.241 e. The van der Waals surface area contributed by atoms with E-state index in [4.69, 9.17) is 21.8 Å². The molecule has 2 N–H and O–H groups in total.